The molecule has 1 fully saturated rings. The Morgan fingerprint density at radius 2 is 2.18 bits per heavy atom. The van der Waals surface area contributed by atoms with Crippen LogP contribution in [0.25, 0.3) is 11.4 Å². The van der Waals surface area contributed by atoms with Crippen molar-refractivity contribution in [3.05, 3.63) is 35.7 Å². The first-order chi connectivity index (χ1) is 13.3. The van der Waals surface area contributed by atoms with Gasteiger partial charge in [-0.25, -0.2) is 12.7 Å². The second-order valence-corrected chi connectivity index (χ2v) is 9.43. The predicted molar refractivity (Wildman–Crippen MR) is 105 cm³/mol. The summed E-state index contributed by atoms with van der Waals surface area (Å²) in [6, 6.07) is 7.79. The number of carbonyl (C=O) groups is 1. The molecule has 1 aromatic heterocycles. The highest BCUT2D eigenvalue weighted by Gasteiger charge is 2.33. The van der Waals surface area contributed by atoms with E-state index >= 15 is 0 Å². The van der Waals surface area contributed by atoms with Crippen molar-refractivity contribution >= 4 is 15.9 Å². The van der Waals surface area contributed by atoms with Crippen molar-refractivity contribution in [1.29, 1.82) is 0 Å². The average molecular weight is 407 g/mol. The second-order valence-electron chi connectivity index (χ2n) is 7.17. The van der Waals surface area contributed by atoms with E-state index in [0.717, 1.165) is 11.1 Å². The van der Waals surface area contributed by atoms with Crippen LogP contribution in [0.5, 0.6) is 0 Å². The van der Waals surface area contributed by atoms with Crippen molar-refractivity contribution in [3.8, 4) is 11.4 Å². The summed E-state index contributed by atoms with van der Waals surface area (Å²) in [5.74, 6) is 0.428. The van der Waals surface area contributed by atoms with Crippen molar-refractivity contribution in [2.45, 2.75) is 33.2 Å². The van der Waals surface area contributed by atoms with Gasteiger partial charge in [-0.2, -0.15) is 4.98 Å². The lowest BCUT2D eigenvalue weighted by Gasteiger charge is -2.32. The number of aromatic nitrogens is 2. The minimum atomic E-state index is -3.28. The summed E-state index contributed by atoms with van der Waals surface area (Å²) in [5.41, 5.74) is 1.96. The Morgan fingerprint density at radius 1 is 1.39 bits per heavy atom. The van der Waals surface area contributed by atoms with Crippen molar-refractivity contribution in [1.82, 2.24) is 19.3 Å². The molecule has 1 unspecified atom stereocenters. The lowest BCUT2D eigenvalue weighted by Crippen LogP contribution is -2.46. The average Bonchev–Trinajstić information content (AvgIpc) is 3.16. The molecule has 1 amide bonds. The van der Waals surface area contributed by atoms with Crippen LogP contribution in [0.3, 0.4) is 0 Å². The third-order valence-corrected chi connectivity index (χ3v) is 6.83. The monoisotopic (exact) mass is 406 g/mol. The van der Waals surface area contributed by atoms with Gasteiger partial charge >= 0.3 is 0 Å². The minimum Gasteiger partial charge on any atom is -0.337 e. The quantitative estimate of drug-likeness (QED) is 0.729. The van der Waals surface area contributed by atoms with E-state index in [1.54, 1.807) is 14.0 Å². The van der Waals surface area contributed by atoms with Crippen LogP contribution < -0.4 is 0 Å². The van der Waals surface area contributed by atoms with Crippen LogP contribution in [-0.4, -0.2) is 59.6 Å². The highest BCUT2D eigenvalue weighted by Crippen LogP contribution is 2.22. The Hall–Kier alpha value is -2.26. The third-order valence-electron chi connectivity index (χ3n) is 4.98. The minimum absolute atomic E-state index is 0.0491. The van der Waals surface area contributed by atoms with E-state index in [2.05, 4.69) is 10.1 Å². The second kappa shape index (κ2) is 8.40. The molecule has 1 aromatic carbocycles. The molecule has 0 N–H and O–H groups in total. The Kier molecular flexibility index (Phi) is 6.14. The van der Waals surface area contributed by atoms with E-state index in [1.807, 2.05) is 31.2 Å². The number of aryl methyl sites for hydroxylation is 1. The van der Waals surface area contributed by atoms with Gasteiger partial charge in [-0.15, -0.1) is 0 Å². The Balaban J connectivity index is 1.64. The molecule has 2 heterocycles. The van der Waals surface area contributed by atoms with E-state index in [4.69, 9.17) is 4.52 Å². The molecule has 0 saturated carbocycles. The van der Waals surface area contributed by atoms with Gasteiger partial charge in [-0.05, 0) is 32.8 Å². The molecule has 1 aliphatic rings. The lowest BCUT2D eigenvalue weighted by atomic mass is 9.98. The van der Waals surface area contributed by atoms with Gasteiger partial charge in [0.25, 0.3) is 0 Å². The maximum atomic E-state index is 12.8. The lowest BCUT2D eigenvalue weighted by molar-refractivity contribution is -0.136. The number of hydrogen-bond donors (Lipinski definition) is 0. The summed E-state index contributed by atoms with van der Waals surface area (Å²) < 4.78 is 30.9. The first kappa shape index (κ1) is 20.5. The summed E-state index contributed by atoms with van der Waals surface area (Å²) in [7, 11) is -1.61. The van der Waals surface area contributed by atoms with E-state index in [1.165, 1.54) is 9.21 Å². The molecule has 0 bridgehead atoms. The van der Waals surface area contributed by atoms with Crippen LogP contribution in [0.2, 0.25) is 0 Å². The van der Waals surface area contributed by atoms with Gasteiger partial charge in [0.15, 0.2) is 0 Å². The third kappa shape index (κ3) is 4.59. The zero-order chi connectivity index (χ0) is 20.3. The fourth-order valence-electron chi connectivity index (χ4n) is 3.39. The molecule has 8 nitrogen and oxygen atoms in total. The fraction of sp³-hybridized carbons (Fsp3) is 0.526. The molecular weight excluding hydrogens is 380 g/mol. The number of hydrogen-bond acceptors (Lipinski definition) is 6. The van der Waals surface area contributed by atoms with Crippen LogP contribution in [0, 0.1) is 12.8 Å². The molecule has 28 heavy (non-hydrogen) atoms. The Bertz CT molecular complexity index is 941. The zero-order valence-electron chi connectivity index (χ0n) is 16.5. The maximum Gasteiger partial charge on any atom is 0.246 e. The van der Waals surface area contributed by atoms with E-state index in [0.29, 0.717) is 31.1 Å². The van der Waals surface area contributed by atoms with Crippen molar-refractivity contribution in [2.75, 3.05) is 25.9 Å². The number of piperidine rings is 1. The molecule has 0 aliphatic carbocycles. The van der Waals surface area contributed by atoms with Gasteiger partial charge in [0.2, 0.25) is 27.6 Å². The molecular formula is C19H26N4O4S. The van der Waals surface area contributed by atoms with Crippen molar-refractivity contribution in [3.63, 3.8) is 0 Å². The van der Waals surface area contributed by atoms with E-state index < -0.39 is 10.0 Å². The van der Waals surface area contributed by atoms with Gasteiger partial charge in [0, 0.05) is 25.7 Å². The highest BCUT2D eigenvalue weighted by molar-refractivity contribution is 7.89. The highest BCUT2D eigenvalue weighted by atomic mass is 32.2. The molecule has 1 aliphatic heterocycles. The normalized spacial score (nSPS) is 18.2. The van der Waals surface area contributed by atoms with E-state index in [9.17, 15) is 13.2 Å². The summed E-state index contributed by atoms with van der Waals surface area (Å²) >= 11 is 0. The first-order valence-corrected chi connectivity index (χ1v) is 11.0. The molecule has 9 heteroatoms. The maximum absolute atomic E-state index is 12.8. The number of sulfonamides is 1. The summed E-state index contributed by atoms with van der Waals surface area (Å²) in [6.07, 6.45) is 1.36. The van der Waals surface area contributed by atoms with Crippen LogP contribution in [-0.2, 0) is 21.4 Å². The Morgan fingerprint density at radius 3 is 2.89 bits per heavy atom. The van der Waals surface area contributed by atoms with Crippen LogP contribution in [0.1, 0.15) is 31.2 Å². The Labute approximate surface area is 165 Å². The topological polar surface area (TPSA) is 96.6 Å². The molecule has 1 saturated heterocycles. The van der Waals surface area contributed by atoms with Crippen LogP contribution in [0.4, 0.5) is 0 Å². The van der Waals surface area contributed by atoms with Crippen LogP contribution >= 0.6 is 0 Å². The van der Waals surface area contributed by atoms with Crippen molar-refractivity contribution < 1.29 is 17.7 Å². The molecule has 0 spiro atoms. The number of benzene rings is 1. The van der Waals surface area contributed by atoms with Crippen molar-refractivity contribution in [2.24, 2.45) is 5.92 Å². The van der Waals surface area contributed by atoms with Gasteiger partial charge < -0.3 is 9.42 Å². The SMILES string of the molecule is CCS(=O)(=O)N1CCCC(C(=O)N(C)Cc2nc(-c3cccc(C)c3)no2)C1. The van der Waals surface area contributed by atoms with Crippen LogP contribution in [0.15, 0.2) is 28.8 Å². The molecule has 152 valence electrons. The summed E-state index contributed by atoms with van der Waals surface area (Å²) in [6.45, 7) is 4.51. The molecule has 0 radical (unpaired) electrons. The summed E-state index contributed by atoms with van der Waals surface area (Å²) in [5, 5.41) is 4.00. The van der Waals surface area contributed by atoms with Gasteiger partial charge in [0.05, 0.1) is 18.2 Å². The number of rotatable bonds is 6. The summed E-state index contributed by atoms with van der Waals surface area (Å²) in [4.78, 5) is 18.7. The molecule has 1 atom stereocenters. The number of carbonyl (C=O) groups excluding carboxylic acids is 1. The van der Waals surface area contributed by atoms with Gasteiger partial charge in [-0.3, -0.25) is 4.79 Å². The largest absolute Gasteiger partial charge is 0.337 e. The number of amides is 1. The van der Waals surface area contributed by atoms with E-state index in [-0.39, 0.29) is 30.7 Å². The first-order valence-electron chi connectivity index (χ1n) is 9.42. The zero-order valence-corrected chi connectivity index (χ0v) is 17.3. The fourth-order valence-corrected chi connectivity index (χ4v) is 4.57. The molecule has 3 rings (SSSR count). The van der Waals surface area contributed by atoms with Gasteiger partial charge in [0.1, 0.15) is 0 Å². The standard InChI is InChI=1S/C19H26N4O4S/c1-4-28(25,26)23-10-6-9-16(12-23)19(24)22(3)13-17-20-18(21-27-17)15-8-5-7-14(2)11-15/h5,7-8,11,16H,4,6,9-10,12-13H2,1-3H3. The smallest absolute Gasteiger partial charge is 0.246 e. The molecule has 2 aromatic rings. The van der Waals surface area contributed by atoms with Gasteiger partial charge in [-0.1, -0.05) is 28.9 Å². The predicted octanol–water partition coefficient (Wildman–Crippen LogP) is 2.07. The number of nitrogens with zero attached hydrogens (tertiary/aromatic N) is 4.